The van der Waals surface area contributed by atoms with Crippen molar-refractivity contribution in [2.75, 3.05) is 30.8 Å². The van der Waals surface area contributed by atoms with Gasteiger partial charge in [0.1, 0.15) is 5.75 Å². The van der Waals surface area contributed by atoms with Crippen LogP contribution in [0.1, 0.15) is 29.5 Å². The Morgan fingerprint density at radius 1 is 1.06 bits per heavy atom. The number of nitro benzene ring substituents is 1. The Labute approximate surface area is 203 Å². The predicted molar refractivity (Wildman–Crippen MR) is 136 cm³/mol. The Morgan fingerprint density at radius 3 is 2.43 bits per heavy atom. The van der Waals surface area contributed by atoms with Gasteiger partial charge in [0.25, 0.3) is 11.6 Å². The molecule has 1 amide bonds. The van der Waals surface area contributed by atoms with Gasteiger partial charge in [-0.3, -0.25) is 19.8 Å². The number of methoxy groups -OCH3 is 1. The van der Waals surface area contributed by atoms with Crippen molar-refractivity contribution in [1.29, 1.82) is 0 Å². The summed E-state index contributed by atoms with van der Waals surface area (Å²) in [5.41, 5.74) is 4.70. The summed E-state index contributed by atoms with van der Waals surface area (Å²) >= 11 is 0. The maximum Gasteiger partial charge on any atom is 0.270 e. The Kier molecular flexibility index (Phi) is 6.20. The topological polar surface area (TPSA) is 96.7 Å². The summed E-state index contributed by atoms with van der Waals surface area (Å²) < 4.78 is 5.29. The van der Waals surface area contributed by atoms with Gasteiger partial charge >= 0.3 is 0 Å². The number of nitrogens with one attached hydrogen (secondary N) is 2. The fourth-order valence-electron chi connectivity index (χ4n) is 4.59. The minimum Gasteiger partial charge on any atom is -0.497 e. The lowest BCUT2D eigenvalue weighted by Crippen LogP contribution is -2.18. The van der Waals surface area contributed by atoms with Gasteiger partial charge in [0.2, 0.25) is 0 Å². The van der Waals surface area contributed by atoms with Gasteiger partial charge in [-0.15, -0.1) is 0 Å². The van der Waals surface area contributed by atoms with Crippen molar-refractivity contribution in [1.82, 2.24) is 4.90 Å². The van der Waals surface area contributed by atoms with Crippen molar-refractivity contribution in [2.24, 2.45) is 0 Å². The molecule has 0 aliphatic carbocycles. The number of likely N-dealkylation sites (tertiary alicyclic amines) is 1. The van der Waals surface area contributed by atoms with E-state index in [2.05, 4.69) is 27.7 Å². The van der Waals surface area contributed by atoms with E-state index in [4.69, 9.17) is 4.74 Å². The molecule has 2 aliphatic heterocycles. The molecule has 178 valence electrons. The Bertz CT molecular complexity index is 1290. The minimum absolute atomic E-state index is 0.0712. The van der Waals surface area contributed by atoms with Crippen LogP contribution in [-0.4, -0.2) is 35.9 Å². The second kappa shape index (κ2) is 9.60. The molecule has 3 aromatic carbocycles. The summed E-state index contributed by atoms with van der Waals surface area (Å²) in [6, 6.07) is 19.9. The zero-order chi connectivity index (χ0) is 24.4. The summed E-state index contributed by atoms with van der Waals surface area (Å²) in [6.45, 7) is 3.19. The van der Waals surface area contributed by atoms with E-state index in [1.807, 2.05) is 36.4 Å². The van der Waals surface area contributed by atoms with Crippen LogP contribution in [-0.2, 0) is 11.3 Å². The highest BCUT2D eigenvalue weighted by atomic mass is 16.6. The fourth-order valence-corrected chi connectivity index (χ4v) is 4.59. The fraction of sp³-hybridized carbons (Fsp3) is 0.222. The number of fused-ring (bicyclic) bond motifs is 1. The molecule has 5 rings (SSSR count). The van der Waals surface area contributed by atoms with Gasteiger partial charge < -0.3 is 15.4 Å². The molecule has 0 radical (unpaired) electrons. The van der Waals surface area contributed by atoms with Gasteiger partial charge in [0.15, 0.2) is 0 Å². The lowest BCUT2D eigenvalue weighted by atomic mass is 9.99. The molecule has 0 aromatic heterocycles. The summed E-state index contributed by atoms with van der Waals surface area (Å²) in [7, 11) is 1.59. The van der Waals surface area contributed by atoms with Crippen molar-refractivity contribution < 1.29 is 14.5 Å². The number of anilines is 2. The summed E-state index contributed by atoms with van der Waals surface area (Å²) in [4.78, 5) is 26.5. The zero-order valence-electron chi connectivity index (χ0n) is 19.4. The number of amides is 1. The molecule has 0 bridgehead atoms. The van der Waals surface area contributed by atoms with Crippen LogP contribution in [0.5, 0.6) is 5.75 Å². The second-order valence-electron chi connectivity index (χ2n) is 8.72. The third kappa shape index (κ3) is 4.74. The average Bonchev–Trinajstić information content (AvgIpc) is 3.50. The first-order chi connectivity index (χ1) is 17.0. The number of hydrogen-bond acceptors (Lipinski definition) is 6. The first-order valence-electron chi connectivity index (χ1n) is 11.6. The predicted octanol–water partition coefficient (Wildman–Crippen LogP) is 5.13. The number of carbonyl (C=O) groups is 1. The number of ether oxygens (including phenoxy) is 1. The summed E-state index contributed by atoms with van der Waals surface area (Å²) in [5.74, 6) is 0.376. The first kappa shape index (κ1) is 22.6. The molecule has 8 nitrogen and oxygen atoms in total. The minimum atomic E-state index is -0.458. The van der Waals surface area contributed by atoms with Crippen molar-refractivity contribution in [3.8, 4) is 5.75 Å². The van der Waals surface area contributed by atoms with Crippen LogP contribution in [0, 0.1) is 10.1 Å². The van der Waals surface area contributed by atoms with Crippen LogP contribution >= 0.6 is 0 Å². The molecule has 1 fully saturated rings. The van der Waals surface area contributed by atoms with Crippen LogP contribution in [0.4, 0.5) is 17.1 Å². The number of nitro groups is 1. The third-order valence-electron chi connectivity index (χ3n) is 6.42. The monoisotopic (exact) mass is 470 g/mol. The molecule has 0 atom stereocenters. The maximum atomic E-state index is 13.1. The average molecular weight is 471 g/mol. The smallest absolute Gasteiger partial charge is 0.270 e. The molecule has 2 aliphatic rings. The van der Waals surface area contributed by atoms with E-state index >= 15 is 0 Å². The standard InChI is InChI=1S/C27H26N4O4/c1-35-22-11-6-19(7-12-22)26(25-23-16-21(31(33)34)10-13-24(23)29-27(25)32)28-20-8-4-18(5-9-20)17-30-14-2-3-15-30/h4-13,16,28H,2-3,14-15,17H2,1H3,(H,29,32). The molecular formula is C27H26N4O4. The highest BCUT2D eigenvalue weighted by molar-refractivity contribution is 6.37. The zero-order valence-corrected chi connectivity index (χ0v) is 19.4. The maximum absolute atomic E-state index is 13.1. The van der Waals surface area contributed by atoms with E-state index in [9.17, 15) is 14.9 Å². The molecule has 3 aromatic rings. The third-order valence-corrected chi connectivity index (χ3v) is 6.42. The lowest BCUT2D eigenvalue weighted by molar-refractivity contribution is -0.384. The number of rotatable bonds is 7. The van der Waals surface area contributed by atoms with E-state index in [0.717, 1.165) is 30.9 Å². The molecule has 0 spiro atoms. The molecule has 35 heavy (non-hydrogen) atoms. The number of non-ortho nitro benzene ring substituents is 1. The van der Waals surface area contributed by atoms with E-state index in [-0.39, 0.29) is 11.6 Å². The number of benzene rings is 3. The van der Waals surface area contributed by atoms with Gasteiger partial charge in [-0.05, 0) is 79.5 Å². The van der Waals surface area contributed by atoms with Gasteiger partial charge in [-0.2, -0.15) is 0 Å². The van der Waals surface area contributed by atoms with Gasteiger partial charge in [-0.1, -0.05) is 12.1 Å². The molecule has 8 heteroatoms. The van der Waals surface area contributed by atoms with Crippen LogP contribution in [0.2, 0.25) is 0 Å². The number of hydrogen-bond donors (Lipinski definition) is 2. The molecule has 2 N–H and O–H groups in total. The van der Waals surface area contributed by atoms with Crippen LogP contribution in [0.3, 0.4) is 0 Å². The van der Waals surface area contributed by atoms with Gasteiger partial charge in [0, 0.05) is 35.6 Å². The quantitative estimate of drug-likeness (QED) is 0.282. The highest BCUT2D eigenvalue weighted by Gasteiger charge is 2.30. The summed E-state index contributed by atoms with van der Waals surface area (Å²) in [6.07, 6.45) is 2.50. The first-order valence-corrected chi connectivity index (χ1v) is 11.6. The van der Waals surface area contributed by atoms with Crippen LogP contribution in [0.15, 0.2) is 66.7 Å². The van der Waals surface area contributed by atoms with E-state index < -0.39 is 4.92 Å². The SMILES string of the molecule is COc1ccc(C(Nc2ccc(CN3CCCC3)cc2)=C2C(=O)Nc3ccc([N+](=O)[O-])cc32)cc1. The largest absolute Gasteiger partial charge is 0.497 e. The number of nitrogens with zero attached hydrogens (tertiary/aromatic N) is 2. The van der Waals surface area contributed by atoms with Crippen LogP contribution < -0.4 is 15.4 Å². The van der Waals surface area contributed by atoms with E-state index in [0.29, 0.717) is 28.3 Å². The molecule has 0 saturated carbocycles. The number of carbonyl (C=O) groups excluding carboxylic acids is 1. The van der Waals surface area contributed by atoms with Crippen LogP contribution in [0.25, 0.3) is 11.3 Å². The molecule has 0 unspecified atom stereocenters. The second-order valence-corrected chi connectivity index (χ2v) is 8.72. The van der Waals surface area contributed by atoms with Crippen molar-refractivity contribution in [2.45, 2.75) is 19.4 Å². The normalized spacial score (nSPS) is 16.5. The Hall–Kier alpha value is -4.17. The van der Waals surface area contributed by atoms with E-state index in [1.54, 1.807) is 13.2 Å². The van der Waals surface area contributed by atoms with E-state index in [1.165, 1.54) is 30.5 Å². The molecular weight excluding hydrogens is 444 g/mol. The highest BCUT2D eigenvalue weighted by Crippen LogP contribution is 2.39. The Morgan fingerprint density at radius 2 is 1.77 bits per heavy atom. The summed E-state index contributed by atoms with van der Waals surface area (Å²) in [5, 5.41) is 17.6. The lowest BCUT2D eigenvalue weighted by Gasteiger charge is -2.17. The van der Waals surface area contributed by atoms with Crippen molar-refractivity contribution in [3.05, 3.63) is 93.5 Å². The van der Waals surface area contributed by atoms with Crippen molar-refractivity contribution in [3.63, 3.8) is 0 Å². The van der Waals surface area contributed by atoms with Crippen molar-refractivity contribution >= 4 is 34.2 Å². The van der Waals surface area contributed by atoms with Gasteiger partial charge in [-0.25, -0.2) is 0 Å². The van der Waals surface area contributed by atoms with Gasteiger partial charge in [0.05, 0.1) is 23.3 Å². The Balaban J connectivity index is 1.54. The molecule has 2 heterocycles. The molecule has 1 saturated heterocycles.